The Morgan fingerprint density at radius 1 is 1.04 bits per heavy atom. The summed E-state index contributed by atoms with van der Waals surface area (Å²) >= 11 is 0. The van der Waals surface area contributed by atoms with E-state index in [-0.39, 0.29) is 17.9 Å². The first-order chi connectivity index (χ1) is 12.0. The Bertz CT molecular complexity index is 757. The highest BCUT2D eigenvalue weighted by molar-refractivity contribution is 5.91. The molecule has 0 radical (unpaired) electrons. The van der Waals surface area contributed by atoms with Crippen molar-refractivity contribution in [1.82, 2.24) is 5.32 Å². The number of hydrogen-bond donors (Lipinski definition) is 2. The molecule has 0 fully saturated rings. The van der Waals surface area contributed by atoms with Crippen LogP contribution in [0.25, 0.3) is 0 Å². The van der Waals surface area contributed by atoms with Crippen LogP contribution in [-0.4, -0.2) is 37.7 Å². The number of carboxylic acid groups (broad SMARTS) is 1. The molecule has 2 rings (SSSR count). The van der Waals surface area contributed by atoms with E-state index in [0.29, 0.717) is 30.0 Å². The fraction of sp³-hybridized carbons (Fsp3) is 0.263. The molecule has 6 heteroatoms. The number of benzene rings is 2. The van der Waals surface area contributed by atoms with Crippen LogP contribution in [-0.2, 0) is 17.6 Å². The minimum Gasteiger partial charge on any atom is -0.493 e. The number of carbonyl (C=O) groups is 2. The normalized spacial score (nSPS) is 10.2. The summed E-state index contributed by atoms with van der Waals surface area (Å²) in [7, 11) is 3.15. The average Bonchev–Trinajstić information content (AvgIpc) is 2.61. The third kappa shape index (κ3) is 4.97. The Morgan fingerprint density at radius 2 is 1.76 bits per heavy atom. The molecule has 0 aliphatic carbocycles. The number of hydrogen-bond acceptors (Lipinski definition) is 4. The fourth-order valence-electron chi connectivity index (χ4n) is 2.50. The molecule has 1 amide bonds. The zero-order valence-corrected chi connectivity index (χ0v) is 14.2. The molecular formula is C19H21NO5. The maximum Gasteiger partial charge on any atom is 0.335 e. The minimum atomic E-state index is -1.03. The monoisotopic (exact) mass is 343 g/mol. The average molecular weight is 343 g/mol. The second kappa shape index (κ2) is 8.73. The zero-order valence-electron chi connectivity index (χ0n) is 14.2. The van der Waals surface area contributed by atoms with Crippen molar-refractivity contribution in [2.75, 3.05) is 20.8 Å². The summed E-state index contributed by atoms with van der Waals surface area (Å²) in [5.74, 6) is 0.0465. The van der Waals surface area contributed by atoms with Gasteiger partial charge in [-0.05, 0) is 35.7 Å². The first kappa shape index (κ1) is 18.3. The first-order valence-corrected chi connectivity index (χ1v) is 7.84. The van der Waals surface area contributed by atoms with Crippen LogP contribution in [0.5, 0.6) is 11.5 Å². The molecule has 0 unspecified atom stereocenters. The van der Waals surface area contributed by atoms with Crippen molar-refractivity contribution in [2.24, 2.45) is 0 Å². The van der Waals surface area contributed by atoms with Gasteiger partial charge in [0.1, 0.15) is 0 Å². The molecule has 2 N–H and O–H groups in total. The van der Waals surface area contributed by atoms with E-state index in [1.54, 1.807) is 32.4 Å². The lowest BCUT2D eigenvalue weighted by atomic mass is 10.0. The molecule has 0 saturated carbocycles. The predicted octanol–water partition coefficient (Wildman–Crippen LogP) is 2.30. The first-order valence-electron chi connectivity index (χ1n) is 7.84. The van der Waals surface area contributed by atoms with Gasteiger partial charge in [-0.2, -0.15) is 0 Å². The summed E-state index contributed by atoms with van der Waals surface area (Å²) < 4.78 is 10.4. The van der Waals surface area contributed by atoms with Crippen molar-refractivity contribution < 1.29 is 24.2 Å². The van der Waals surface area contributed by atoms with Crippen LogP contribution in [0, 0.1) is 0 Å². The Labute approximate surface area is 146 Å². The van der Waals surface area contributed by atoms with Gasteiger partial charge in [0.05, 0.1) is 26.2 Å². The van der Waals surface area contributed by atoms with E-state index >= 15 is 0 Å². The Morgan fingerprint density at radius 3 is 2.44 bits per heavy atom. The SMILES string of the molecule is COc1ccc(CCNC(=O)Cc2ccccc2C(=O)O)cc1OC. The molecule has 0 heterocycles. The van der Waals surface area contributed by atoms with Crippen LogP contribution in [0.2, 0.25) is 0 Å². The molecule has 0 atom stereocenters. The summed E-state index contributed by atoms with van der Waals surface area (Å²) in [6, 6.07) is 12.1. The molecule has 0 saturated heterocycles. The summed E-state index contributed by atoms with van der Waals surface area (Å²) in [5.41, 5.74) is 1.65. The number of ether oxygens (including phenoxy) is 2. The third-order valence-electron chi connectivity index (χ3n) is 3.78. The maximum absolute atomic E-state index is 12.1. The van der Waals surface area contributed by atoms with Crippen molar-refractivity contribution in [3.8, 4) is 11.5 Å². The number of carboxylic acids is 1. The maximum atomic E-state index is 12.1. The quantitative estimate of drug-likeness (QED) is 0.768. The van der Waals surface area contributed by atoms with Gasteiger partial charge in [0.25, 0.3) is 0 Å². The second-order valence-corrected chi connectivity index (χ2v) is 5.43. The number of rotatable bonds is 8. The van der Waals surface area contributed by atoms with Crippen molar-refractivity contribution in [3.05, 3.63) is 59.2 Å². The lowest BCUT2D eigenvalue weighted by Gasteiger charge is -2.10. The molecule has 132 valence electrons. The lowest BCUT2D eigenvalue weighted by Crippen LogP contribution is -2.27. The van der Waals surface area contributed by atoms with Crippen LogP contribution >= 0.6 is 0 Å². The van der Waals surface area contributed by atoms with Crippen LogP contribution in [0.15, 0.2) is 42.5 Å². The molecule has 2 aromatic rings. The topological polar surface area (TPSA) is 84.9 Å². The van der Waals surface area contributed by atoms with Gasteiger partial charge in [-0.3, -0.25) is 4.79 Å². The van der Waals surface area contributed by atoms with Gasteiger partial charge in [0, 0.05) is 6.54 Å². The van der Waals surface area contributed by atoms with E-state index in [1.165, 1.54) is 6.07 Å². The highest BCUT2D eigenvalue weighted by Gasteiger charge is 2.12. The van der Waals surface area contributed by atoms with Crippen LogP contribution in [0.4, 0.5) is 0 Å². The molecule has 0 aliphatic heterocycles. The number of carbonyl (C=O) groups excluding carboxylic acids is 1. The Balaban J connectivity index is 1.90. The minimum absolute atomic E-state index is 0.0361. The number of aromatic carboxylic acids is 1. The highest BCUT2D eigenvalue weighted by Crippen LogP contribution is 2.27. The summed E-state index contributed by atoms with van der Waals surface area (Å²) in [4.78, 5) is 23.2. The summed E-state index contributed by atoms with van der Waals surface area (Å²) in [6.45, 7) is 0.448. The van der Waals surface area contributed by atoms with Gasteiger partial charge in [-0.15, -0.1) is 0 Å². The van der Waals surface area contributed by atoms with Crippen LogP contribution in [0.1, 0.15) is 21.5 Å². The number of methoxy groups -OCH3 is 2. The second-order valence-electron chi connectivity index (χ2n) is 5.43. The summed E-state index contributed by atoms with van der Waals surface area (Å²) in [6.07, 6.45) is 0.668. The Kier molecular flexibility index (Phi) is 6.39. The molecule has 0 bridgehead atoms. The fourth-order valence-corrected chi connectivity index (χ4v) is 2.50. The number of nitrogens with one attached hydrogen (secondary N) is 1. The molecule has 2 aromatic carbocycles. The van der Waals surface area contributed by atoms with Gasteiger partial charge in [0.2, 0.25) is 5.91 Å². The van der Waals surface area contributed by atoms with E-state index in [2.05, 4.69) is 5.32 Å². The van der Waals surface area contributed by atoms with Crippen LogP contribution < -0.4 is 14.8 Å². The van der Waals surface area contributed by atoms with Gasteiger partial charge in [0.15, 0.2) is 11.5 Å². The van der Waals surface area contributed by atoms with E-state index in [0.717, 1.165) is 5.56 Å². The van der Waals surface area contributed by atoms with Gasteiger partial charge in [-0.1, -0.05) is 24.3 Å². The van der Waals surface area contributed by atoms with E-state index in [9.17, 15) is 9.59 Å². The molecule has 6 nitrogen and oxygen atoms in total. The largest absolute Gasteiger partial charge is 0.493 e. The molecule has 0 aliphatic rings. The van der Waals surface area contributed by atoms with Gasteiger partial charge in [-0.25, -0.2) is 4.79 Å². The van der Waals surface area contributed by atoms with Crippen molar-refractivity contribution >= 4 is 11.9 Å². The molecule has 0 aromatic heterocycles. The van der Waals surface area contributed by atoms with Gasteiger partial charge < -0.3 is 19.9 Å². The van der Waals surface area contributed by atoms with Crippen molar-refractivity contribution in [2.45, 2.75) is 12.8 Å². The zero-order chi connectivity index (χ0) is 18.2. The van der Waals surface area contributed by atoms with Crippen molar-refractivity contribution in [3.63, 3.8) is 0 Å². The van der Waals surface area contributed by atoms with E-state index in [1.807, 2.05) is 18.2 Å². The van der Waals surface area contributed by atoms with Crippen LogP contribution in [0.3, 0.4) is 0 Å². The third-order valence-corrected chi connectivity index (χ3v) is 3.78. The molecule has 0 spiro atoms. The standard InChI is InChI=1S/C19H21NO5/c1-24-16-8-7-13(11-17(16)25-2)9-10-20-18(21)12-14-5-3-4-6-15(14)19(22)23/h3-8,11H,9-10,12H2,1-2H3,(H,20,21)(H,22,23). The van der Waals surface area contributed by atoms with E-state index < -0.39 is 5.97 Å². The van der Waals surface area contributed by atoms with Gasteiger partial charge >= 0.3 is 5.97 Å². The predicted molar refractivity (Wildman–Crippen MR) is 93.4 cm³/mol. The molecule has 25 heavy (non-hydrogen) atoms. The molecular weight excluding hydrogens is 322 g/mol. The van der Waals surface area contributed by atoms with Crippen molar-refractivity contribution in [1.29, 1.82) is 0 Å². The summed E-state index contributed by atoms with van der Waals surface area (Å²) in [5, 5.41) is 11.9. The highest BCUT2D eigenvalue weighted by atomic mass is 16.5. The van der Waals surface area contributed by atoms with E-state index in [4.69, 9.17) is 14.6 Å². The smallest absolute Gasteiger partial charge is 0.335 e. The Hall–Kier alpha value is -3.02. The lowest BCUT2D eigenvalue weighted by molar-refractivity contribution is -0.120. The number of amides is 1.